The number of carbonyl (C=O) groups is 1. The minimum atomic E-state index is -2.94. The largest absolute Gasteiger partial charge is 0.495 e. The van der Waals surface area contributed by atoms with Crippen LogP contribution in [0.4, 0.5) is 11.4 Å². The van der Waals surface area contributed by atoms with Crippen molar-refractivity contribution >= 4 is 27.1 Å². The Morgan fingerprint density at radius 3 is 2.69 bits per heavy atom. The fraction of sp³-hybridized carbons (Fsp3) is 0.333. The van der Waals surface area contributed by atoms with E-state index in [4.69, 9.17) is 4.74 Å². The molecule has 1 aliphatic rings. The van der Waals surface area contributed by atoms with Crippen molar-refractivity contribution in [1.82, 2.24) is 4.98 Å². The van der Waals surface area contributed by atoms with Gasteiger partial charge in [-0.15, -0.1) is 0 Å². The van der Waals surface area contributed by atoms with Crippen LogP contribution < -0.4 is 15.4 Å². The number of pyridine rings is 1. The van der Waals surface area contributed by atoms with Crippen molar-refractivity contribution in [2.45, 2.75) is 19.4 Å². The summed E-state index contributed by atoms with van der Waals surface area (Å²) in [5.74, 6) is 0.563. The van der Waals surface area contributed by atoms with Gasteiger partial charge in [-0.3, -0.25) is 4.79 Å². The van der Waals surface area contributed by atoms with E-state index in [1.165, 1.54) is 6.20 Å². The van der Waals surface area contributed by atoms with Gasteiger partial charge < -0.3 is 15.4 Å². The smallest absolute Gasteiger partial charge is 0.274 e. The lowest BCUT2D eigenvalue weighted by molar-refractivity contribution is 0.102. The Labute approximate surface area is 152 Å². The van der Waals surface area contributed by atoms with Gasteiger partial charge in [-0.25, -0.2) is 13.4 Å². The molecule has 8 heteroatoms. The number of aryl methyl sites for hydroxylation is 1. The third-order valence-electron chi connectivity index (χ3n) is 4.20. The Kier molecular flexibility index (Phi) is 5.13. The quantitative estimate of drug-likeness (QED) is 0.832. The van der Waals surface area contributed by atoms with E-state index in [1.54, 1.807) is 25.3 Å². The molecule has 1 aromatic carbocycles. The fourth-order valence-corrected chi connectivity index (χ4v) is 4.54. The van der Waals surface area contributed by atoms with Crippen molar-refractivity contribution in [3.63, 3.8) is 0 Å². The van der Waals surface area contributed by atoms with Crippen LogP contribution >= 0.6 is 0 Å². The maximum Gasteiger partial charge on any atom is 0.274 e. The second-order valence-electron chi connectivity index (χ2n) is 6.33. The van der Waals surface area contributed by atoms with Gasteiger partial charge in [0.05, 0.1) is 36.2 Å². The fourth-order valence-electron chi connectivity index (χ4n) is 2.86. The van der Waals surface area contributed by atoms with Crippen LogP contribution in [-0.4, -0.2) is 44.0 Å². The summed E-state index contributed by atoms with van der Waals surface area (Å²) in [6, 6.07) is 8.73. The van der Waals surface area contributed by atoms with Crippen LogP contribution in [0.1, 0.15) is 22.5 Å². The molecule has 0 aliphatic carbocycles. The second kappa shape index (κ2) is 7.33. The second-order valence-corrected chi connectivity index (χ2v) is 8.56. The number of anilines is 2. The number of hydrogen-bond donors (Lipinski definition) is 2. The van der Waals surface area contributed by atoms with Crippen molar-refractivity contribution in [3.05, 3.63) is 47.8 Å². The van der Waals surface area contributed by atoms with Crippen molar-refractivity contribution in [1.29, 1.82) is 0 Å². The molecule has 2 heterocycles. The summed E-state index contributed by atoms with van der Waals surface area (Å²) in [4.78, 5) is 16.6. The molecule has 26 heavy (non-hydrogen) atoms. The predicted molar refractivity (Wildman–Crippen MR) is 101 cm³/mol. The third-order valence-corrected chi connectivity index (χ3v) is 5.97. The highest BCUT2D eigenvalue weighted by Gasteiger charge is 2.27. The van der Waals surface area contributed by atoms with E-state index in [1.807, 2.05) is 19.1 Å². The number of nitrogens with zero attached hydrogens (tertiary/aromatic N) is 1. The molecule has 1 amide bonds. The van der Waals surface area contributed by atoms with Gasteiger partial charge in [-0.05, 0) is 43.2 Å². The van der Waals surface area contributed by atoms with Gasteiger partial charge in [-0.1, -0.05) is 6.07 Å². The number of aromatic nitrogens is 1. The first-order valence-electron chi connectivity index (χ1n) is 8.25. The number of rotatable bonds is 5. The average molecular weight is 375 g/mol. The van der Waals surface area contributed by atoms with Crippen molar-refractivity contribution in [2.24, 2.45) is 0 Å². The van der Waals surface area contributed by atoms with Gasteiger partial charge in [0.1, 0.15) is 11.4 Å². The van der Waals surface area contributed by atoms with Crippen molar-refractivity contribution in [2.75, 3.05) is 29.2 Å². The average Bonchev–Trinajstić information content (AvgIpc) is 2.94. The van der Waals surface area contributed by atoms with E-state index in [-0.39, 0.29) is 29.1 Å². The Balaban J connectivity index is 1.67. The summed E-state index contributed by atoms with van der Waals surface area (Å²) in [6.07, 6.45) is 2.12. The Hall–Kier alpha value is -2.61. The topological polar surface area (TPSA) is 97.4 Å². The molecular formula is C18H21N3O4S. The Morgan fingerprint density at radius 1 is 1.27 bits per heavy atom. The normalized spacial score (nSPS) is 18.3. The van der Waals surface area contributed by atoms with Gasteiger partial charge in [0.25, 0.3) is 5.91 Å². The summed E-state index contributed by atoms with van der Waals surface area (Å²) in [5, 5.41) is 5.94. The lowest BCUT2D eigenvalue weighted by Gasteiger charge is -2.13. The first-order chi connectivity index (χ1) is 12.4. The third kappa shape index (κ3) is 4.32. The molecule has 1 aliphatic heterocycles. The Bertz CT molecular complexity index is 911. The molecule has 0 radical (unpaired) electrons. The van der Waals surface area contributed by atoms with Crippen molar-refractivity contribution < 1.29 is 17.9 Å². The van der Waals surface area contributed by atoms with Crippen LogP contribution in [0, 0.1) is 6.92 Å². The number of hydrogen-bond acceptors (Lipinski definition) is 6. The molecule has 1 unspecified atom stereocenters. The number of sulfone groups is 1. The van der Waals surface area contributed by atoms with E-state index in [0.717, 1.165) is 5.56 Å². The van der Waals surface area contributed by atoms with Crippen LogP contribution in [0.25, 0.3) is 0 Å². The molecule has 0 saturated carbocycles. The molecule has 1 saturated heterocycles. The zero-order valence-electron chi connectivity index (χ0n) is 14.7. The molecule has 2 aromatic rings. The van der Waals surface area contributed by atoms with Gasteiger partial charge in [-0.2, -0.15) is 0 Å². The van der Waals surface area contributed by atoms with E-state index >= 15 is 0 Å². The lowest BCUT2D eigenvalue weighted by Crippen LogP contribution is -2.21. The van der Waals surface area contributed by atoms with E-state index < -0.39 is 9.84 Å². The summed E-state index contributed by atoms with van der Waals surface area (Å²) in [5.41, 5.74) is 2.53. The molecule has 1 fully saturated rings. The van der Waals surface area contributed by atoms with Crippen LogP contribution in [0.15, 0.2) is 36.5 Å². The molecule has 0 bridgehead atoms. The van der Waals surface area contributed by atoms with Gasteiger partial charge in [0.15, 0.2) is 9.84 Å². The van der Waals surface area contributed by atoms with Gasteiger partial charge in [0.2, 0.25) is 0 Å². The summed E-state index contributed by atoms with van der Waals surface area (Å²) in [6.45, 7) is 1.93. The summed E-state index contributed by atoms with van der Waals surface area (Å²) >= 11 is 0. The molecule has 0 spiro atoms. The highest BCUT2D eigenvalue weighted by molar-refractivity contribution is 7.91. The molecule has 2 N–H and O–H groups in total. The minimum Gasteiger partial charge on any atom is -0.495 e. The minimum absolute atomic E-state index is 0.113. The monoisotopic (exact) mass is 375 g/mol. The maximum absolute atomic E-state index is 12.4. The molecule has 3 rings (SSSR count). The standard InChI is InChI=1S/C18H21N3O4S/c1-12-3-6-17(25-2)16(9-12)21-18(22)15-5-4-13(10-19-15)20-14-7-8-26(23,24)11-14/h3-6,9-10,14,20H,7-8,11H2,1-2H3,(H,21,22). The van der Waals surface area contributed by atoms with Crippen molar-refractivity contribution in [3.8, 4) is 5.75 Å². The molecule has 7 nitrogen and oxygen atoms in total. The number of amides is 1. The summed E-state index contributed by atoms with van der Waals surface area (Å²) in [7, 11) is -1.40. The maximum atomic E-state index is 12.4. The summed E-state index contributed by atoms with van der Waals surface area (Å²) < 4.78 is 28.3. The zero-order valence-corrected chi connectivity index (χ0v) is 15.5. The van der Waals surface area contributed by atoms with Crippen LogP contribution in [0.2, 0.25) is 0 Å². The highest BCUT2D eigenvalue weighted by Crippen LogP contribution is 2.25. The van der Waals surface area contributed by atoms with Gasteiger partial charge in [0, 0.05) is 6.04 Å². The van der Waals surface area contributed by atoms with Crippen LogP contribution in [0.3, 0.4) is 0 Å². The van der Waals surface area contributed by atoms with E-state index in [9.17, 15) is 13.2 Å². The molecule has 1 atom stereocenters. The first-order valence-corrected chi connectivity index (χ1v) is 10.1. The Morgan fingerprint density at radius 2 is 2.08 bits per heavy atom. The lowest BCUT2D eigenvalue weighted by atomic mass is 10.2. The highest BCUT2D eigenvalue weighted by atomic mass is 32.2. The SMILES string of the molecule is COc1ccc(C)cc1NC(=O)c1ccc(NC2CCS(=O)(=O)C2)cn1. The molecule has 1 aromatic heterocycles. The number of carbonyl (C=O) groups excluding carboxylic acids is 1. The number of benzene rings is 1. The van der Waals surface area contributed by atoms with Crippen LogP contribution in [0.5, 0.6) is 5.75 Å². The zero-order chi connectivity index (χ0) is 18.7. The molecular weight excluding hydrogens is 354 g/mol. The van der Waals surface area contributed by atoms with Gasteiger partial charge >= 0.3 is 0 Å². The number of ether oxygens (including phenoxy) is 1. The van der Waals surface area contributed by atoms with E-state index in [0.29, 0.717) is 23.5 Å². The predicted octanol–water partition coefficient (Wildman–Crippen LogP) is 2.25. The molecule has 138 valence electrons. The van der Waals surface area contributed by atoms with Crippen LogP contribution in [-0.2, 0) is 9.84 Å². The number of nitrogens with one attached hydrogen (secondary N) is 2. The first kappa shape index (κ1) is 18.2. The van der Waals surface area contributed by atoms with E-state index in [2.05, 4.69) is 15.6 Å². The number of methoxy groups -OCH3 is 1.